The van der Waals surface area contributed by atoms with Gasteiger partial charge in [0, 0.05) is 18.7 Å². The number of carbonyl (C=O) groups excluding carboxylic acids is 4. The van der Waals surface area contributed by atoms with E-state index in [1.54, 1.807) is 12.1 Å². The van der Waals surface area contributed by atoms with Gasteiger partial charge in [-0.3, -0.25) is 19.2 Å². The molecule has 54 heavy (non-hydrogen) atoms. The minimum atomic E-state index is -1.26. The maximum absolute atomic E-state index is 14.2. The summed E-state index contributed by atoms with van der Waals surface area (Å²) >= 11 is 6.96. The SMILES string of the molecule is C[C@@H](O)[C@@H](CO)NC(=O)[C@H](CSC(c1ccccc1)(c1ccccc1)c1ccccc1)NC(=O)[C@H](Cc1ccc(O)cc1)NC(=O)[C@@H](N)CNC(=O)CCl. The Morgan fingerprint density at radius 1 is 0.741 bits per heavy atom. The minimum absolute atomic E-state index is 0.00192. The van der Waals surface area contributed by atoms with Gasteiger partial charge < -0.3 is 42.3 Å². The molecule has 286 valence electrons. The van der Waals surface area contributed by atoms with E-state index in [-0.39, 0.29) is 30.3 Å². The van der Waals surface area contributed by atoms with Gasteiger partial charge in [-0.2, -0.15) is 0 Å². The Morgan fingerprint density at radius 3 is 1.69 bits per heavy atom. The second kappa shape index (κ2) is 20.5. The number of amides is 4. The maximum atomic E-state index is 14.2. The van der Waals surface area contributed by atoms with Crippen molar-refractivity contribution in [3.05, 3.63) is 138 Å². The van der Waals surface area contributed by atoms with Crippen LogP contribution in [0.25, 0.3) is 0 Å². The van der Waals surface area contributed by atoms with Crippen LogP contribution in [0.15, 0.2) is 115 Å². The van der Waals surface area contributed by atoms with Gasteiger partial charge in [-0.05, 0) is 41.3 Å². The quantitative estimate of drug-likeness (QED) is 0.0519. The van der Waals surface area contributed by atoms with Crippen molar-refractivity contribution in [1.82, 2.24) is 21.3 Å². The highest BCUT2D eigenvalue weighted by atomic mass is 35.5. The first kappa shape index (κ1) is 41.8. The number of phenolic OH excluding ortho intramolecular Hbond substituents is 1. The third-order valence-corrected chi connectivity index (χ3v) is 10.6. The topological polar surface area (TPSA) is 203 Å². The Labute approximate surface area is 323 Å². The molecule has 0 fully saturated rings. The van der Waals surface area contributed by atoms with Crippen molar-refractivity contribution in [3.63, 3.8) is 0 Å². The van der Waals surface area contributed by atoms with Crippen molar-refractivity contribution in [2.45, 2.75) is 48.4 Å². The highest BCUT2D eigenvalue weighted by Crippen LogP contribution is 2.48. The van der Waals surface area contributed by atoms with Crippen molar-refractivity contribution in [2.75, 3.05) is 24.8 Å². The number of aliphatic hydroxyl groups is 2. The normalized spacial score (nSPS) is 14.1. The van der Waals surface area contributed by atoms with Crippen LogP contribution in [0.5, 0.6) is 5.75 Å². The predicted octanol–water partition coefficient (Wildman–Crippen LogP) is 2.17. The van der Waals surface area contributed by atoms with Crippen LogP contribution < -0.4 is 27.0 Å². The van der Waals surface area contributed by atoms with E-state index in [1.807, 2.05) is 91.0 Å². The Hall–Kier alpha value is -4.92. The number of nitrogens with one attached hydrogen (secondary N) is 4. The van der Waals surface area contributed by atoms with E-state index in [0.29, 0.717) is 5.56 Å². The number of alkyl halides is 1. The number of aliphatic hydroxyl groups excluding tert-OH is 2. The molecule has 0 aliphatic rings. The highest BCUT2D eigenvalue weighted by molar-refractivity contribution is 8.00. The molecule has 4 aromatic carbocycles. The lowest BCUT2D eigenvalue weighted by molar-refractivity contribution is -0.132. The van der Waals surface area contributed by atoms with Crippen LogP contribution in [0.1, 0.15) is 29.2 Å². The molecule has 14 heteroatoms. The van der Waals surface area contributed by atoms with Gasteiger partial charge in [0.15, 0.2) is 0 Å². The first-order valence-electron chi connectivity index (χ1n) is 17.3. The fourth-order valence-corrected chi connectivity index (χ4v) is 7.41. The monoisotopic (exact) mass is 775 g/mol. The fraction of sp³-hybridized carbons (Fsp3) is 0.300. The summed E-state index contributed by atoms with van der Waals surface area (Å²) in [5, 5.41) is 40.6. The number of carbonyl (C=O) groups is 4. The molecule has 0 radical (unpaired) electrons. The van der Waals surface area contributed by atoms with Crippen molar-refractivity contribution >= 4 is 47.0 Å². The lowest BCUT2D eigenvalue weighted by atomic mass is 9.84. The first-order valence-corrected chi connectivity index (χ1v) is 18.9. The summed E-state index contributed by atoms with van der Waals surface area (Å²) in [6, 6.07) is 30.6. The summed E-state index contributed by atoms with van der Waals surface area (Å²) in [6.45, 7) is 0.628. The first-order chi connectivity index (χ1) is 26.0. The van der Waals surface area contributed by atoms with E-state index < -0.39 is 65.3 Å². The number of halogens is 1. The van der Waals surface area contributed by atoms with E-state index in [4.69, 9.17) is 17.3 Å². The van der Waals surface area contributed by atoms with Crippen molar-refractivity contribution in [1.29, 1.82) is 0 Å². The molecule has 0 aromatic heterocycles. The summed E-state index contributed by atoms with van der Waals surface area (Å²) < 4.78 is -0.867. The second-order valence-electron chi connectivity index (χ2n) is 12.7. The predicted molar refractivity (Wildman–Crippen MR) is 210 cm³/mol. The van der Waals surface area contributed by atoms with E-state index in [1.165, 1.54) is 30.8 Å². The molecule has 0 saturated carbocycles. The number of nitrogens with two attached hydrogens (primary N) is 1. The van der Waals surface area contributed by atoms with Gasteiger partial charge in [0.05, 0.1) is 23.5 Å². The summed E-state index contributed by atoms with van der Waals surface area (Å²) in [6.07, 6.45) is -1.16. The van der Waals surface area contributed by atoms with E-state index in [0.717, 1.165) is 16.7 Å². The third kappa shape index (κ3) is 11.3. The summed E-state index contributed by atoms with van der Waals surface area (Å²) in [5.41, 5.74) is 9.38. The number of hydrogen-bond donors (Lipinski definition) is 8. The Balaban J connectivity index is 1.73. The molecule has 0 aliphatic carbocycles. The summed E-state index contributed by atoms with van der Waals surface area (Å²) in [7, 11) is 0. The average molecular weight is 776 g/mol. The molecular weight excluding hydrogens is 730 g/mol. The molecule has 0 bridgehead atoms. The minimum Gasteiger partial charge on any atom is -0.508 e. The number of thioether (sulfide) groups is 1. The van der Waals surface area contributed by atoms with Gasteiger partial charge in [-0.15, -0.1) is 23.4 Å². The van der Waals surface area contributed by atoms with Crippen LogP contribution >= 0.6 is 23.4 Å². The van der Waals surface area contributed by atoms with E-state index >= 15 is 0 Å². The highest BCUT2D eigenvalue weighted by Gasteiger charge is 2.39. The average Bonchev–Trinajstić information content (AvgIpc) is 3.19. The van der Waals surface area contributed by atoms with Crippen molar-refractivity contribution in [3.8, 4) is 5.75 Å². The van der Waals surface area contributed by atoms with Gasteiger partial charge >= 0.3 is 0 Å². The van der Waals surface area contributed by atoms with Gasteiger partial charge in [0.25, 0.3) is 0 Å². The largest absolute Gasteiger partial charge is 0.508 e. The number of hydrogen-bond acceptors (Lipinski definition) is 9. The zero-order chi connectivity index (χ0) is 39.1. The van der Waals surface area contributed by atoms with Crippen LogP contribution in [0, 0.1) is 0 Å². The van der Waals surface area contributed by atoms with Crippen LogP contribution in [-0.4, -0.2) is 94.0 Å². The molecule has 0 spiro atoms. The van der Waals surface area contributed by atoms with Crippen LogP contribution in [-0.2, 0) is 30.3 Å². The number of phenols is 1. The molecule has 4 rings (SSSR count). The molecule has 0 aliphatic heterocycles. The molecule has 0 heterocycles. The summed E-state index contributed by atoms with van der Waals surface area (Å²) in [5.74, 6) is -2.99. The molecule has 4 aromatic rings. The molecule has 9 N–H and O–H groups in total. The molecule has 12 nitrogen and oxygen atoms in total. The number of rotatable bonds is 19. The van der Waals surface area contributed by atoms with Gasteiger partial charge in [-0.1, -0.05) is 103 Å². The fourth-order valence-electron chi connectivity index (χ4n) is 5.75. The zero-order valence-corrected chi connectivity index (χ0v) is 31.3. The molecule has 4 amide bonds. The van der Waals surface area contributed by atoms with Gasteiger partial charge in [0.2, 0.25) is 23.6 Å². The maximum Gasteiger partial charge on any atom is 0.243 e. The van der Waals surface area contributed by atoms with Gasteiger partial charge in [-0.25, -0.2) is 0 Å². The van der Waals surface area contributed by atoms with Crippen LogP contribution in [0.2, 0.25) is 0 Å². The molecule has 5 atom stereocenters. The van der Waals surface area contributed by atoms with Crippen molar-refractivity contribution in [2.24, 2.45) is 5.73 Å². The van der Waals surface area contributed by atoms with Crippen molar-refractivity contribution < 1.29 is 34.5 Å². The molecule has 0 saturated heterocycles. The Bertz CT molecular complexity index is 1710. The molecular formula is C40H46ClN5O7S. The van der Waals surface area contributed by atoms with E-state index in [9.17, 15) is 34.5 Å². The van der Waals surface area contributed by atoms with Crippen LogP contribution in [0.4, 0.5) is 0 Å². The summed E-state index contributed by atoms with van der Waals surface area (Å²) in [4.78, 5) is 53.2. The lowest BCUT2D eigenvalue weighted by Gasteiger charge is -2.37. The second-order valence-corrected chi connectivity index (χ2v) is 14.2. The van der Waals surface area contributed by atoms with Gasteiger partial charge in [0.1, 0.15) is 29.8 Å². The smallest absolute Gasteiger partial charge is 0.243 e. The lowest BCUT2D eigenvalue weighted by Crippen LogP contribution is -2.59. The number of benzene rings is 4. The Kier molecular flexibility index (Phi) is 15.9. The third-order valence-electron chi connectivity index (χ3n) is 8.73. The number of aromatic hydroxyl groups is 1. The zero-order valence-electron chi connectivity index (χ0n) is 29.7. The Morgan fingerprint density at radius 2 is 1.22 bits per heavy atom. The van der Waals surface area contributed by atoms with E-state index in [2.05, 4.69) is 21.3 Å². The molecule has 0 unspecified atom stereocenters. The standard InChI is InChI=1S/C40H46ClN5O7S/c1-26(48)34(24-47)45-39(53)35(25-54-40(28-11-5-2-6-12-28,29-13-7-3-8-14-29)30-15-9-4-10-16-30)46-38(52)33(21-27-17-19-31(49)20-18-27)44-37(51)32(42)23-43-36(50)22-41/h2-20,26,32-35,47-49H,21-25,42H2,1H3,(H,43,50)(H,44,51)(H,45,53)(H,46,52)/t26-,32+,33+,34-,35+/m1/s1. The van der Waals surface area contributed by atoms with Crippen LogP contribution in [0.3, 0.4) is 0 Å².